The highest BCUT2D eigenvalue weighted by atomic mass is 35.5. The topological polar surface area (TPSA) is 52.6 Å². The van der Waals surface area contributed by atoms with Crippen LogP contribution in [0.25, 0.3) is 0 Å². The molecule has 122 valence electrons. The quantitative estimate of drug-likeness (QED) is 0.236. The third kappa shape index (κ3) is 15.2. The van der Waals surface area contributed by atoms with Gasteiger partial charge in [-0.1, -0.05) is 45.4 Å². The third-order valence-electron chi connectivity index (χ3n) is 2.80. The molecule has 4 nitrogen and oxygen atoms in total. The van der Waals surface area contributed by atoms with E-state index in [2.05, 4.69) is 6.92 Å². The standard InChI is InChI=1S/C16H27ClO4/c1-3-4-5-6-7-8-9-12-20-15(18)10-11-16(19)21-13-14(2)17/h10-11,14H,3-9,12-13H2,1-2H3/b11-10+. The van der Waals surface area contributed by atoms with Gasteiger partial charge in [0.25, 0.3) is 0 Å². The van der Waals surface area contributed by atoms with Gasteiger partial charge in [0.15, 0.2) is 0 Å². The Hall–Kier alpha value is -1.03. The van der Waals surface area contributed by atoms with E-state index < -0.39 is 11.9 Å². The fourth-order valence-corrected chi connectivity index (χ4v) is 1.72. The van der Waals surface area contributed by atoms with Crippen molar-refractivity contribution in [2.45, 2.75) is 64.2 Å². The van der Waals surface area contributed by atoms with Crippen LogP contribution in [0, 0.1) is 0 Å². The second kappa shape index (κ2) is 13.9. The van der Waals surface area contributed by atoms with Gasteiger partial charge in [0.05, 0.1) is 12.0 Å². The molecule has 0 amide bonds. The van der Waals surface area contributed by atoms with E-state index in [9.17, 15) is 9.59 Å². The lowest BCUT2D eigenvalue weighted by Crippen LogP contribution is -2.10. The van der Waals surface area contributed by atoms with Crippen molar-refractivity contribution in [3.8, 4) is 0 Å². The van der Waals surface area contributed by atoms with Crippen molar-refractivity contribution in [1.82, 2.24) is 0 Å². The fraction of sp³-hybridized carbons (Fsp3) is 0.750. The van der Waals surface area contributed by atoms with Crippen LogP contribution in [0.3, 0.4) is 0 Å². The molecular formula is C16H27ClO4. The van der Waals surface area contributed by atoms with Crippen molar-refractivity contribution in [3.63, 3.8) is 0 Å². The van der Waals surface area contributed by atoms with E-state index in [0.717, 1.165) is 25.0 Å². The molecule has 0 fully saturated rings. The Morgan fingerprint density at radius 2 is 1.48 bits per heavy atom. The zero-order valence-corrected chi connectivity index (χ0v) is 13.9. The van der Waals surface area contributed by atoms with Crippen molar-refractivity contribution in [2.75, 3.05) is 13.2 Å². The number of esters is 2. The molecule has 1 atom stereocenters. The van der Waals surface area contributed by atoms with Gasteiger partial charge in [-0.3, -0.25) is 0 Å². The highest BCUT2D eigenvalue weighted by molar-refractivity contribution is 6.20. The summed E-state index contributed by atoms with van der Waals surface area (Å²) in [5.74, 6) is -1.10. The van der Waals surface area contributed by atoms with E-state index in [-0.39, 0.29) is 12.0 Å². The van der Waals surface area contributed by atoms with Gasteiger partial charge in [-0.25, -0.2) is 9.59 Å². The largest absolute Gasteiger partial charge is 0.463 e. The van der Waals surface area contributed by atoms with Gasteiger partial charge in [0, 0.05) is 12.2 Å². The van der Waals surface area contributed by atoms with Crippen LogP contribution in [0.1, 0.15) is 58.8 Å². The fourth-order valence-electron chi connectivity index (χ4n) is 1.66. The minimum Gasteiger partial charge on any atom is -0.463 e. The number of alkyl halides is 1. The molecule has 0 bridgehead atoms. The molecule has 1 unspecified atom stereocenters. The van der Waals surface area contributed by atoms with Crippen LogP contribution < -0.4 is 0 Å². The normalized spacial score (nSPS) is 12.3. The Kier molecular flexibility index (Phi) is 13.2. The first-order valence-corrected chi connectivity index (χ1v) is 8.15. The zero-order chi connectivity index (χ0) is 15.9. The molecule has 0 spiro atoms. The van der Waals surface area contributed by atoms with Crippen molar-refractivity contribution in [3.05, 3.63) is 12.2 Å². The summed E-state index contributed by atoms with van der Waals surface area (Å²) >= 11 is 5.63. The van der Waals surface area contributed by atoms with Crippen LogP contribution in [-0.4, -0.2) is 30.5 Å². The van der Waals surface area contributed by atoms with Crippen LogP contribution in [0.4, 0.5) is 0 Å². The van der Waals surface area contributed by atoms with E-state index >= 15 is 0 Å². The molecule has 0 aromatic carbocycles. The first-order chi connectivity index (χ1) is 10.1. The van der Waals surface area contributed by atoms with Crippen LogP contribution >= 0.6 is 11.6 Å². The minimum atomic E-state index is -0.588. The van der Waals surface area contributed by atoms with Gasteiger partial charge in [0.2, 0.25) is 0 Å². The highest BCUT2D eigenvalue weighted by Gasteiger charge is 2.03. The molecule has 0 aliphatic heterocycles. The highest BCUT2D eigenvalue weighted by Crippen LogP contribution is 2.06. The molecule has 5 heteroatoms. The second-order valence-electron chi connectivity index (χ2n) is 5.03. The lowest BCUT2D eigenvalue weighted by atomic mass is 10.1. The smallest absolute Gasteiger partial charge is 0.331 e. The molecule has 0 rings (SSSR count). The SMILES string of the molecule is CCCCCCCCCOC(=O)/C=C/C(=O)OCC(C)Cl. The molecule has 0 aliphatic carbocycles. The maximum absolute atomic E-state index is 11.3. The number of rotatable bonds is 12. The predicted molar refractivity (Wildman–Crippen MR) is 84.4 cm³/mol. The summed E-state index contributed by atoms with van der Waals surface area (Å²) < 4.78 is 9.76. The van der Waals surface area contributed by atoms with Crippen molar-refractivity contribution in [1.29, 1.82) is 0 Å². The molecule has 0 saturated heterocycles. The van der Waals surface area contributed by atoms with Crippen molar-refractivity contribution in [2.24, 2.45) is 0 Å². The van der Waals surface area contributed by atoms with Crippen LogP contribution in [-0.2, 0) is 19.1 Å². The van der Waals surface area contributed by atoms with Gasteiger partial charge in [-0.05, 0) is 13.3 Å². The Morgan fingerprint density at radius 1 is 0.952 bits per heavy atom. The van der Waals surface area contributed by atoms with Crippen LogP contribution in [0.5, 0.6) is 0 Å². The average Bonchev–Trinajstić information content (AvgIpc) is 2.45. The molecule has 0 saturated carbocycles. The lowest BCUT2D eigenvalue weighted by Gasteiger charge is -2.03. The van der Waals surface area contributed by atoms with E-state index in [1.54, 1.807) is 6.92 Å². The summed E-state index contributed by atoms with van der Waals surface area (Å²) in [4.78, 5) is 22.5. The van der Waals surface area contributed by atoms with Crippen molar-refractivity contribution >= 4 is 23.5 Å². The summed E-state index contributed by atoms with van der Waals surface area (Å²) in [5, 5.41) is -0.244. The number of halogens is 1. The van der Waals surface area contributed by atoms with Crippen molar-refractivity contribution < 1.29 is 19.1 Å². The summed E-state index contributed by atoms with van der Waals surface area (Å²) in [6.45, 7) is 4.43. The van der Waals surface area contributed by atoms with Gasteiger partial charge in [-0.2, -0.15) is 0 Å². The number of carbonyl (C=O) groups excluding carboxylic acids is 2. The second-order valence-corrected chi connectivity index (χ2v) is 5.78. The van der Waals surface area contributed by atoms with Gasteiger partial charge in [-0.15, -0.1) is 11.6 Å². The molecule has 0 aromatic heterocycles. The first-order valence-electron chi connectivity index (χ1n) is 7.72. The maximum Gasteiger partial charge on any atom is 0.331 e. The average molecular weight is 319 g/mol. The number of hydrogen-bond acceptors (Lipinski definition) is 4. The monoisotopic (exact) mass is 318 g/mol. The summed E-state index contributed by atoms with van der Waals surface area (Å²) in [6, 6.07) is 0. The predicted octanol–water partition coefficient (Wildman–Crippen LogP) is 4.01. The molecule has 0 N–H and O–H groups in total. The minimum absolute atomic E-state index is 0.123. The van der Waals surface area contributed by atoms with E-state index in [0.29, 0.717) is 6.61 Å². The Bertz CT molecular complexity index is 313. The Labute approximate surface area is 132 Å². The summed E-state index contributed by atoms with van der Waals surface area (Å²) in [7, 11) is 0. The molecule has 0 heterocycles. The van der Waals surface area contributed by atoms with Gasteiger partial charge < -0.3 is 9.47 Å². The Balaban J connectivity index is 3.51. The molecule has 21 heavy (non-hydrogen) atoms. The number of ether oxygens (including phenoxy) is 2. The van der Waals surface area contributed by atoms with Crippen LogP contribution in [0.15, 0.2) is 12.2 Å². The zero-order valence-electron chi connectivity index (χ0n) is 13.1. The van der Waals surface area contributed by atoms with Crippen LogP contribution in [0.2, 0.25) is 0 Å². The molecular weight excluding hydrogens is 292 g/mol. The van der Waals surface area contributed by atoms with E-state index in [4.69, 9.17) is 21.1 Å². The Morgan fingerprint density at radius 3 is 2.05 bits per heavy atom. The molecule has 0 radical (unpaired) electrons. The number of hydrogen-bond donors (Lipinski definition) is 0. The van der Waals surface area contributed by atoms with Gasteiger partial charge in [0.1, 0.15) is 6.61 Å². The van der Waals surface area contributed by atoms with E-state index in [1.807, 2.05) is 0 Å². The summed E-state index contributed by atoms with van der Waals surface area (Å²) in [5.41, 5.74) is 0. The lowest BCUT2D eigenvalue weighted by molar-refractivity contribution is -0.140. The molecule has 0 aromatic rings. The van der Waals surface area contributed by atoms with E-state index in [1.165, 1.54) is 32.1 Å². The number of carbonyl (C=O) groups is 2. The summed E-state index contributed by atoms with van der Waals surface area (Å²) in [6.07, 6.45) is 10.3. The first kappa shape index (κ1) is 20.0. The third-order valence-corrected chi connectivity index (χ3v) is 2.93. The van der Waals surface area contributed by atoms with Gasteiger partial charge >= 0.3 is 11.9 Å². The molecule has 0 aliphatic rings. The number of unbranched alkanes of at least 4 members (excludes halogenated alkanes) is 6. The maximum atomic E-state index is 11.3.